The fourth-order valence-corrected chi connectivity index (χ4v) is 8.60. The number of ether oxygens (including phenoxy) is 2. The van der Waals surface area contributed by atoms with Gasteiger partial charge < -0.3 is 19.3 Å². The molecule has 304 valence electrons. The molecule has 2 aliphatic heterocycles. The molecule has 0 N–H and O–H groups in total. The molecule has 2 saturated carbocycles. The Balaban J connectivity index is 0.00000262. The van der Waals surface area contributed by atoms with E-state index in [-0.39, 0.29) is 85.1 Å². The van der Waals surface area contributed by atoms with Gasteiger partial charge in [0.1, 0.15) is 11.4 Å². The van der Waals surface area contributed by atoms with Crippen LogP contribution >= 0.6 is 0 Å². The summed E-state index contributed by atoms with van der Waals surface area (Å²) < 4.78 is 55.5. The average Bonchev–Trinajstić information content (AvgIpc) is 3.41. The van der Waals surface area contributed by atoms with Crippen LogP contribution in [-0.2, 0) is 27.4 Å². The number of aromatic nitrogens is 2. The topological polar surface area (TPSA) is 94.0 Å². The number of rotatable bonds is 10. The first kappa shape index (κ1) is 41.4. The number of hydrogen-bond donors (Lipinski definition) is 0. The molecule has 1 spiro atoms. The van der Waals surface area contributed by atoms with E-state index in [0.29, 0.717) is 55.0 Å². The molecule has 2 amide bonds. The minimum Gasteiger partial charge on any atom is -0.456 e. The minimum atomic E-state index is -2.70. The molecule has 56 heavy (non-hydrogen) atoms. The molecule has 1 aromatic heterocycles. The number of amides is 2. The first-order valence-corrected chi connectivity index (χ1v) is 20.1. The highest BCUT2D eigenvalue weighted by Crippen LogP contribution is 2.55. The quantitative estimate of drug-likeness (QED) is 0.192. The van der Waals surface area contributed by atoms with Crippen LogP contribution in [0.2, 0.25) is 0 Å². The van der Waals surface area contributed by atoms with Gasteiger partial charge in [0.05, 0.1) is 37.1 Å². The van der Waals surface area contributed by atoms with Crippen molar-refractivity contribution in [1.29, 1.82) is 0 Å². The van der Waals surface area contributed by atoms with Crippen molar-refractivity contribution in [2.75, 3.05) is 32.8 Å². The van der Waals surface area contributed by atoms with Gasteiger partial charge in [0.2, 0.25) is 11.8 Å². The number of esters is 1. The maximum absolute atomic E-state index is 14.1. The van der Waals surface area contributed by atoms with Crippen LogP contribution < -0.4 is 0 Å². The second-order valence-electron chi connectivity index (χ2n) is 17.8. The third-order valence-electron chi connectivity index (χ3n) is 11.9. The molecule has 2 atom stereocenters. The van der Waals surface area contributed by atoms with E-state index in [9.17, 15) is 27.6 Å². The standard InChI is InChI=1S/C42H51F3N4O5.C2H6/c1-39(2,3)54-38(52)35-29(7-6-8-33(35)28-13-15-42(44,45)16-14-28)22-53-23-31-21-47(24-41(31)25-48(26-41)37(51)34-17-40(34,4)5)36(50)30-18-46-49(20-30)19-27-9-11-32(43)12-10-27;1-2/h6-12,18,20,28,31,34H,13-17,19,21-26H2,1-5H3;1-2H3. The normalized spacial score (nSPS) is 22.2. The summed E-state index contributed by atoms with van der Waals surface area (Å²) in [4.78, 5) is 44.7. The molecule has 0 bridgehead atoms. The lowest BCUT2D eigenvalue weighted by atomic mass is 9.71. The highest BCUT2D eigenvalue weighted by Gasteiger charge is 2.60. The third-order valence-corrected chi connectivity index (χ3v) is 11.9. The van der Waals surface area contributed by atoms with Gasteiger partial charge in [-0.25, -0.2) is 18.0 Å². The number of likely N-dealkylation sites (tertiary alicyclic amines) is 2. The summed E-state index contributed by atoms with van der Waals surface area (Å²) >= 11 is 0. The zero-order valence-corrected chi connectivity index (χ0v) is 33.9. The lowest BCUT2D eigenvalue weighted by Gasteiger charge is -2.51. The van der Waals surface area contributed by atoms with E-state index in [1.165, 1.54) is 12.1 Å². The lowest BCUT2D eigenvalue weighted by Crippen LogP contribution is -2.63. The molecule has 2 aromatic carbocycles. The summed E-state index contributed by atoms with van der Waals surface area (Å²) in [5.41, 5.74) is 1.93. The molecule has 4 aliphatic rings. The van der Waals surface area contributed by atoms with Crippen LogP contribution in [0, 0.1) is 28.5 Å². The van der Waals surface area contributed by atoms with Crippen molar-refractivity contribution in [1.82, 2.24) is 19.6 Å². The Labute approximate surface area is 328 Å². The van der Waals surface area contributed by atoms with Gasteiger partial charge in [-0.3, -0.25) is 14.3 Å². The predicted molar refractivity (Wildman–Crippen MR) is 207 cm³/mol. The zero-order chi connectivity index (χ0) is 40.6. The van der Waals surface area contributed by atoms with Crippen LogP contribution in [0.1, 0.15) is 124 Å². The monoisotopic (exact) mass is 778 g/mol. The van der Waals surface area contributed by atoms with Gasteiger partial charge >= 0.3 is 5.97 Å². The maximum atomic E-state index is 14.1. The number of carbonyl (C=O) groups is 3. The van der Waals surface area contributed by atoms with Gasteiger partial charge in [0, 0.05) is 62.5 Å². The number of hydrogen-bond acceptors (Lipinski definition) is 6. The first-order chi connectivity index (χ1) is 26.4. The summed E-state index contributed by atoms with van der Waals surface area (Å²) in [5, 5.41) is 4.39. The summed E-state index contributed by atoms with van der Waals surface area (Å²) in [6, 6.07) is 11.7. The molecule has 7 rings (SSSR count). The van der Waals surface area contributed by atoms with Crippen LogP contribution in [0.4, 0.5) is 13.2 Å². The number of alkyl halides is 2. The van der Waals surface area contributed by atoms with Gasteiger partial charge in [-0.2, -0.15) is 5.10 Å². The van der Waals surface area contributed by atoms with Crippen molar-refractivity contribution in [3.63, 3.8) is 0 Å². The van der Waals surface area contributed by atoms with E-state index in [1.807, 2.05) is 41.8 Å². The number of halogens is 3. The van der Waals surface area contributed by atoms with Crippen molar-refractivity contribution in [2.24, 2.45) is 22.7 Å². The van der Waals surface area contributed by atoms with Crippen molar-refractivity contribution in [2.45, 2.75) is 111 Å². The van der Waals surface area contributed by atoms with Gasteiger partial charge in [0.15, 0.2) is 0 Å². The second-order valence-corrected chi connectivity index (χ2v) is 17.8. The van der Waals surface area contributed by atoms with Crippen LogP contribution in [-0.4, -0.2) is 81.7 Å². The maximum Gasteiger partial charge on any atom is 0.339 e. The zero-order valence-electron chi connectivity index (χ0n) is 33.9. The highest BCUT2D eigenvalue weighted by molar-refractivity contribution is 5.94. The average molecular weight is 779 g/mol. The van der Waals surface area contributed by atoms with Gasteiger partial charge in [-0.05, 0) is 80.2 Å². The molecule has 2 saturated heterocycles. The SMILES string of the molecule is CC.CC(C)(C)OC(=O)c1c(COCC2CN(C(=O)c3cnn(Cc4ccc(F)cc4)c3)CC23CN(C(=O)C2CC2(C)C)C3)cccc1C1CCC(F)(F)CC1. The van der Waals surface area contributed by atoms with Crippen molar-refractivity contribution < 1.29 is 37.0 Å². The largest absolute Gasteiger partial charge is 0.456 e. The Morgan fingerprint density at radius 3 is 2.21 bits per heavy atom. The molecule has 2 unspecified atom stereocenters. The summed E-state index contributed by atoms with van der Waals surface area (Å²) in [7, 11) is 0. The van der Waals surface area contributed by atoms with Crippen LogP contribution in [0.5, 0.6) is 0 Å². The second kappa shape index (κ2) is 16.0. The minimum absolute atomic E-state index is 0.00692. The molecule has 2 aliphatic carbocycles. The Morgan fingerprint density at radius 2 is 1.59 bits per heavy atom. The molecule has 3 aromatic rings. The smallest absolute Gasteiger partial charge is 0.339 e. The fraction of sp³-hybridized carbons (Fsp3) is 0.591. The Morgan fingerprint density at radius 1 is 0.946 bits per heavy atom. The third kappa shape index (κ3) is 9.16. The van der Waals surface area contributed by atoms with Gasteiger partial charge in [-0.15, -0.1) is 0 Å². The molecule has 3 heterocycles. The summed E-state index contributed by atoms with van der Waals surface area (Å²) in [5.74, 6) is -3.77. The first-order valence-electron chi connectivity index (χ1n) is 20.1. The van der Waals surface area contributed by atoms with Gasteiger partial charge in [-0.1, -0.05) is 58.0 Å². The van der Waals surface area contributed by atoms with E-state index in [0.717, 1.165) is 12.0 Å². The van der Waals surface area contributed by atoms with Crippen molar-refractivity contribution in [3.8, 4) is 0 Å². The molecule has 0 radical (unpaired) electrons. The van der Waals surface area contributed by atoms with E-state index in [4.69, 9.17) is 9.47 Å². The molecular weight excluding hydrogens is 722 g/mol. The molecular formula is C44H57F3N4O5. The Kier molecular flexibility index (Phi) is 11.8. The van der Waals surface area contributed by atoms with Crippen molar-refractivity contribution in [3.05, 3.63) is 88.5 Å². The predicted octanol–water partition coefficient (Wildman–Crippen LogP) is 8.51. The summed E-state index contributed by atoms with van der Waals surface area (Å²) in [6.07, 6.45) is 4.23. The van der Waals surface area contributed by atoms with Crippen LogP contribution in [0.3, 0.4) is 0 Å². The Bertz CT molecular complexity index is 1890. The van der Waals surface area contributed by atoms with Crippen LogP contribution in [0.25, 0.3) is 0 Å². The van der Waals surface area contributed by atoms with Gasteiger partial charge in [0.25, 0.3) is 5.91 Å². The number of carbonyl (C=O) groups excluding carboxylic acids is 3. The van der Waals surface area contributed by atoms with E-state index in [1.54, 1.807) is 50.0 Å². The molecule has 12 heteroatoms. The molecule has 9 nitrogen and oxygen atoms in total. The van der Waals surface area contributed by atoms with E-state index in [2.05, 4.69) is 18.9 Å². The van der Waals surface area contributed by atoms with Crippen LogP contribution in [0.15, 0.2) is 54.9 Å². The fourth-order valence-electron chi connectivity index (χ4n) is 8.60. The van der Waals surface area contributed by atoms with Crippen molar-refractivity contribution >= 4 is 17.8 Å². The summed E-state index contributed by atoms with van der Waals surface area (Å²) in [6.45, 7) is 16.3. The van der Waals surface area contributed by atoms with E-state index >= 15 is 0 Å². The highest BCUT2D eigenvalue weighted by atomic mass is 19.3. The Hall–Kier alpha value is -4.19. The van der Waals surface area contributed by atoms with E-state index < -0.39 is 17.5 Å². The molecule has 4 fully saturated rings. The lowest BCUT2D eigenvalue weighted by molar-refractivity contribution is -0.148. The number of nitrogens with zero attached hydrogens (tertiary/aromatic N) is 4. The number of benzene rings is 2.